The van der Waals surface area contributed by atoms with Gasteiger partial charge in [-0.1, -0.05) is 160 Å². The van der Waals surface area contributed by atoms with Gasteiger partial charge in [-0.15, -0.1) is 0 Å². The number of hydrogen-bond acceptors (Lipinski definition) is 12. The molecule has 0 aliphatic rings. The van der Waals surface area contributed by atoms with E-state index in [1.54, 1.807) is 165 Å². The summed E-state index contributed by atoms with van der Waals surface area (Å²) in [5, 5.41) is 0. The van der Waals surface area contributed by atoms with Gasteiger partial charge in [0.1, 0.15) is 0 Å². The minimum Gasteiger partial charge on any atom is -0.228 e. The van der Waals surface area contributed by atoms with E-state index in [4.69, 9.17) is 0 Å². The molecule has 0 aliphatic carbocycles. The van der Waals surface area contributed by atoms with Crippen LogP contribution in [0.3, 0.4) is 0 Å². The number of hydrogen-bond donors (Lipinski definition) is 0. The first-order valence-electron chi connectivity index (χ1n) is 21.6. The topological polar surface area (TPSA) is 205 Å². The molecule has 0 unspecified atom stereocenters. The normalized spacial score (nSPS) is 16.4. The van der Waals surface area contributed by atoms with Gasteiger partial charge in [-0.05, 0) is 54.4 Å². The van der Waals surface area contributed by atoms with Crippen LogP contribution in [0.5, 0.6) is 0 Å². The molecular formula is C48H76O12S6. The van der Waals surface area contributed by atoms with Crippen molar-refractivity contribution in [1.82, 2.24) is 0 Å². The van der Waals surface area contributed by atoms with Gasteiger partial charge in [0.25, 0.3) is 0 Å². The highest BCUT2D eigenvalue weighted by Gasteiger charge is 2.42. The first-order chi connectivity index (χ1) is 30.7. The third kappa shape index (κ3) is 33.1. The van der Waals surface area contributed by atoms with E-state index in [0.29, 0.717) is 0 Å². The molecule has 376 valence electrons. The summed E-state index contributed by atoms with van der Waals surface area (Å²) >= 11 is 0. The molecule has 0 radical (unpaired) electrons. The van der Waals surface area contributed by atoms with Gasteiger partial charge >= 0.3 is 0 Å². The fraction of sp³-hybridized carbons (Fsp3) is 0.500. The molecule has 0 N–H and O–H groups in total. The average Bonchev–Trinajstić information content (AvgIpc) is 3.21. The number of allylic oxidation sites excluding steroid dienone is 18. The Morgan fingerprint density at radius 2 is 0.394 bits per heavy atom. The molecule has 0 aliphatic heterocycles. The van der Waals surface area contributed by atoms with Crippen molar-refractivity contribution in [2.75, 3.05) is 69.0 Å². The van der Waals surface area contributed by atoms with Crippen LogP contribution >= 0.6 is 0 Å². The maximum atomic E-state index is 12.8. The van der Waals surface area contributed by atoms with Crippen LogP contribution in [0.4, 0.5) is 0 Å². The van der Waals surface area contributed by atoms with Gasteiger partial charge < -0.3 is 0 Å². The van der Waals surface area contributed by atoms with Crippen LogP contribution in [0.1, 0.15) is 68.2 Å². The molecule has 66 heavy (non-hydrogen) atoms. The lowest BCUT2D eigenvalue weighted by Crippen LogP contribution is -2.43. The Morgan fingerprint density at radius 1 is 0.258 bits per heavy atom. The Balaban J connectivity index is 0. The molecule has 0 aromatic rings. The lowest BCUT2D eigenvalue weighted by atomic mass is 9.92. The molecule has 0 bridgehead atoms. The summed E-state index contributed by atoms with van der Waals surface area (Å²) in [5.74, 6) is -4.87. The van der Waals surface area contributed by atoms with Gasteiger partial charge in [-0.3, -0.25) is 0 Å². The van der Waals surface area contributed by atoms with Gasteiger partial charge in [0, 0.05) is 10.8 Å². The quantitative estimate of drug-likeness (QED) is 0.0587. The van der Waals surface area contributed by atoms with Crippen molar-refractivity contribution in [3.8, 4) is 0 Å². The van der Waals surface area contributed by atoms with Gasteiger partial charge in [0.15, 0.2) is 59.0 Å². The monoisotopic (exact) mass is 1040 g/mol. The second-order valence-electron chi connectivity index (χ2n) is 15.8. The molecule has 0 atom stereocenters. The summed E-state index contributed by atoms with van der Waals surface area (Å²) in [7, 11) is -22.5. The molecule has 0 aromatic carbocycles. The van der Waals surface area contributed by atoms with E-state index in [1.165, 1.54) is 36.5 Å². The van der Waals surface area contributed by atoms with Gasteiger partial charge in [-0.2, -0.15) is 0 Å². The highest BCUT2D eigenvalue weighted by molar-refractivity contribution is 7.94. The summed E-state index contributed by atoms with van der Waals surface area (Å²) in [4.78, 5) is 0. The molecule has 0 heterocycles. The molecule has 0 saturated heterocycles. The van der Waals surface area contributed by atoms with E-state index in [-0.39, 0.29) is 47.4 Å². The Labute approximate surface area is 400 Å². The Kier molecular flexibility index (Phi) is 32.5. The first-order valence-corrected chi connectivity index (χ1v) is 32.5. The SMILES string of the molecule is CC=CC=CCS(=O)(=O)CC(CC)(CS(=O)(=O)CC=CC=CC)CS(=O)(=O)CC=CC=CC.CC=CC=CCS(=O)(=O)CC(CC)(CS(=O)(=O)CC=CC=CC)CS(=O)(=O)CC=CC=CC. The van der Waals surface area contributed by atoms with E-state index in [0.717, 1.165) is 0 Å². The molecule has 0 spiro atoms. The van der Waals surface area contributed by atoms with Crippen molar-refractivity contribution in [1.29, 1.82) is 0 Å². The Hall–Kier alpha value is -3.42. The van der Waals surface area contributed by atoms with E-state index >= 15 is 0 Å². The third-order valence-corrected chi connectivity index (χ3v) is 19.9. The van der Waals surface area contributed by atoms with Crippen LogP contribution in [0.2, 0.25) is 0 Å². The van der Waals surface area contributed by atoms with E-state index < -0.39 is 104 Å². The van der Waals surface area contributed by atoms with Crippen molar-refractivity contribution < 1.29 is 50.5 Å². The van der Waals surface area contributed by atoms with Gasteiger partial charge in [0.2, 0.25) is 0 Å². The zero-order valence-corrected chi connectivity index (χ0v) is 45.0. The van der Waals surface area contributed by atoms with E-state index in [9.17, 15) is 50.5 Å². The minimum atomic E-state index is -3.74. The van der Waals surface area contributed by atoms with E-state index in [2.05, 4.69) is 0 Å². The van der Waals surface area contributed by atoms with Crippen LogP contribution in [0.25, 0.3) is 0 Å². The lowest BCUT2D eigenvalue weighted by molar-refractivity contribution is 0.395. The van der Waals surface area contributed by atoms with Crippen LogP contribution in [0, 0.1) is 10.8 Å². The van der Waals surface area contributed by atoms with Crippen molar-refractivity contribution in [3.05, 3.63) is 146 Å². The summed E-state index contributed by atoms with van der Waals surface area (Å²) in [6.45, 7) is 14.1. The zero-order valence-electron chi connectivity index (χ0n) is 40.1. The van der Waals surface area contributed by atoms with Crippen molar-refractivity contribution in [2.24, 2.45) is 10.8 Å². The fourth-order valence-electron chi connectivity index (χ4n) is 6.37. The van der Waals surface area contributed by atoms with E-state index in [1.807, 2.05) is 0 Å². The highest BCUT2D eigenvalue weighted by atomic mass is 32.2. The molecule has 0 rings (SSSR count). The largest absolute Gasteiger partial charge is 0.228 e. The molecule has 0 saturated carbocycles. The summed E-state index contributed by atoms with van der Waals surface area (Å²) in [6.07, 6.45) is 39.2. The molecular weight excluding hydrogens is 961 g/mol. The van der Waals surface area contributed by atoms with Crippen LogP contribution in [0.15, 0.2) is 146 Å². The predicted octanol–water partition coefficient (Wildman–Crippen LogP) is 8.05. The predicted molar refractivity (Wildman–Crippen MR) is 281 cm³/mol. The maximum absolute atomic E-state index is 12.8. The number of sulfone groups is 6. The number of rotatable bonds is 32. The van der Waals surface area contributed by atoms with Crippen molar-refractivity contribution in [2.45, 2.75) is 68.2 Å². The fourth-order valence-corrected chi connectivity index (χ4v) is 18.3. The van der Waals surface area contributed by atoms with Crippen LogP contribution in [-0.4, -0.2) is 120 Å². The summed E-state index contributed by atoms with van der Waals surface area (Å²) in [5.41, 5.74) is -2.87. The lowest BCUT2D eigenvalue weighted by Gasteiger charge is -2.31. The average molecular weight is 1040 g/mol. The van der Waals surface area contributed by atoms with Crippen molar-refractivity contribution in [3.63, 3.8) is 0 Å². The molecule has 0 fully saturated rings. The second kappa shape index (κ2) is 33.1. The first kappa shape index (κ1) is 64.7. The zero-order chi connectivity index (χ0) is 50.9. The van der Waals surface area contributed by atoms with Gasteiger partial charge in [0.05, 0.1) is 69.0 Å². The Morgan fingerprint density at radius 3 is 0.500 bits per heavy atom. The molecule has 0 amide bonds. The van der Waals surface area contributed by atoms with Crippen LogP contribution in [-0.2, 0) is 59.0 Å². The summed E-state index contributed by atoms with van der Waals surface area (Å²) < 4.78 is 154. The molecule has 0 aromatic heterocycles. The Bertz CT molecular complexity index is 2040. The minimum absolute atomic E-state index is 0.0976. The standard InChI is InChI=1S/2C24H38O6S3/c2*1-5-9-12-15-18-31(25,26)21-24(8-4,22-32(27,28)19-16-13-10-6-2)23-33(29,30)20-17-14-11-7-3/h2*5-7,9-17H,8,18-23H2,1-4H3. The van der Waals surface area contributed by atoms with Gasteiger partial charge in [-0.25, -0.2) is 50.5 Å². The summed E-state index contributed by atoms with van der Waals surface area (Å²) in [6, 6.07) is 0. The second-order valence-corrected chi connectivity index (χ2v) is 28.4. The molecule has 18 heteroatoms. The highest BCUT2D eigenvalue weighted by Crippen LogP contribution is 2.31. The van der Waals surface area contributed by atoms with Crippen LogP contribution < -0.4 is 0 Å². The smallest absolute Gasteiger partial charge is 0.154 e. The molecule has 12 nitrogen and oxygen atoms in total. The van der Waals surface area contributed by atoms with Crippen molar-refractivity contribution >= 4 is 59.0 Å². The maximum Gasteiger partial charge on any atom is 0.154 e. The third-order valence-electron chi connectivity index (χ3n) is 9.40.